The lowest BCUT2D eigenvalue weighted by Crippen LogP contribution is -2.43. The van der Waals surface area contributed by atoms with Gasteiger partial charge in [0.15, 0.2) is 0 Å². The first-order chi connectivity index (χ1) is 10.8. The van der Waals surface area contributed by atoms with Crippen molar-refractivity contribution in [2.75, 3.05) is 36.4 Å². The van der Waals surface area contributed by atoms with Gasteiger partial charge in [0.2, 0.25) is 5.91 Å². The molecule has 2 aliphatic carbocycles. The summed E-state index contributed by atoms with van der Waals surface area (Å²) in [4.78, 5) is 19.3. The fourth-order valence-electron chi connectivity index (χ4n) is 3.50. The van der Waals surface area contributed by atoms with E-state index < -0.39 is 0 Å². The summed E-state index contributed by atoms with van der Waals surface area (Å²) in [6.45, 7) is 4.06. The lowest BCUT2D eigenvalue weighted by Gasteiger charge is -2.29. The molecule has 3 aliphatic rings. The smallest absolute Gasteiger partial charge is 0.229 e. The fraction of sp³-hybridized carbons (Fsp3) is 0.647. The maximum Gasteiger partial charge on any atom is 0.229 e. The molecule has 1 aromatic heterocycles. The number of aromatic nitrogens is 1. The van der Waals surface area contributed by atoms with E-state index in [1.807, 2.05) is 12.3 Å². The van der Waals surface area contributed by atoms with Gasteiger partial charge in [0.05, 0.1) is 11.9 Å². The van der Waals surface area contributed by atoms with Crippen LogP contribution in [0.4, 0.5) is 11.5 Å². The summed E-state index contributed by atoms with van der Waals surface area (Å²) >= 11 is 0. The maximum absolute atomic E-state index is 12.5. The third kappa shape index (κ3) is 3.96. The zero-order valence-electron chi connectivity index (χ0n) is 13.3. The minimum Gasteiger partial charge on any atom is -0.368 e. The Balaban J connectivity index is 0.00000156. The lowest BCUT2D eigenvalue weighted by atomic mass is 9.97. The molecule has 0 spiro atoms. The van der Waals surface area contributed by atoms with Crippen molar-refractivity contribution < 1.29 is 4.79 Å². The molecule has 0 unspecified atom stereocenters. The van der Waals surface area contributed by atoms with Crippen molar-refractivity contribution in [1.82, 2.24) is 10.3 Å². The highest BCUT2D eigenvalue weighted by atomic mass is 35.5. The van der Waals surface area contributed by atoms with Gasteiger partial charge in [-0.1, -0.05) is 0 Å². The first-order valence-corrected chi connectivity index (χ1v) is 8.54. The number of piperazine rings is 1. The van der Waals surface area contributed by atoms with Gasteiger partial charge in [-0.05, 0) is 49.7 Å². The monoisotopic (exact) mass is 336 g/mol. The van der Waals surface area contributed by atoms with Gasteiger partial charge < -0.3 is 15.5 Å². The maximum atomic E-state index is 12.5. The molecule has 1 aliphatic heterocycles. The first-order valence-electron chi connectivity index (χ1n) is 8.54. The largest absolute Gasteiger partial charge is 0.368 e. The molecule has 1 amide bonds. The van der Waals surface area contributed by atoms with E-state index in [4.69, 9.17) is 0 Å². The number of carbonyl (C=O) groups is 1. The van der Waals surface area contributed by atoms with Gasteiger partial charge in [0.1, 0.15) is 5.82 Å². The van der Waals surface area contributed by atoms with Gasteiger partial charge in [-0.2, -0.15) is 0 Å². The van der Waals surface area contributed by atoms with Crippen LogP contribution in [0.2, 0.25) is 0 Å². The van der Waals surface area contributed by atoms with Crippen LogP contribution in [0.1, 0.15) is 25.7 Å². The predicted molar refractivity (Wildman–Crippen MR) is 94.1 cm³/mol. The zero-order chi connectivity index (χ0) is 14.9. The van der Waals surface area contributed by atoms with Crippen molar-refractivity contribution in [3.63, 3.8) is 0 Å². The number of carbonyl (C=O) groups excluding carboxylic acids is 1. The normalized spacial score (nSPS) is 21.0. The van der Waals surface area contributed by atoms with Crippen molar-refractivity contribution in [2.45, 2.75) is 25.7 Å². The predicted octanol–water partition coefficient (Wildman–Crippen LogP) is 2.29. The minimum absolute atomic E-state index is 0. The van der Waals surface area contributed by atoms with Crippen molar-refractivity contribution in [3.8, 4) is 0 Å². The van der Waals surface area contributed by atoms with E-state index >= 15 is 0 Å². The highest BCUT2D eigenvalue weighted by Gasteiger charge is 2.45. The molecule has 2 N–H and O–H groups in total. The molecule has 4 rings (SSSR count). The van der Waals surface area contributed by atoms with Crippen molar-refractivity contribution in [2.24, 2.45) is 17.8 Å². The Morgan fingerprint density at radius 1 is 1.17 bits per heavy atom. The lowest BCUT2D eigenvalue weighted by molar-refractivity contribution is -0.121. The fourth-order valence-corrected chi connectivity index (χ4v) is 3.50. The Morgan fingerprint density at radius 3 is 2.35 bits per heavy atom. The van der Waals surface area contributed by atoms with Crippen molar-refractivity contribution >= 4 is 29.8 Å². The van der Waals surface area contributed by atoms with Crippen molar-refractivity contribution in [3.05, 3.63) is 18.3 Å². The summed E-state index contributed by atoms with van der Waals surface area (Å²) in [7, 11) is 0. The number of nitrogens with one attached hydrogen (secondary N) is 2. The average molecular weight is 337 g/mol. The number of rotatable bonds is 5. The molecule has 0 aromatic carbocycles. The van der Waals surface area contributed by atoms with Crippen LogP contribution in [0.15, 0.2) is 18.3 Å². The summed E-state index contributed by atoms with van der Waals surface area (Å²) in [5.74, 6) is 2.37. The number of amides is 1. The van der Waals surface area contributed by atoms with E-state index in [9.17, 15) is 4.79 Å². The van der Waals surface area contributed by atoms with E-state index in [1.165, 1.54) is 25.7 Å². The van der Waals surface area contributed by atoms with E-state index in [2.05, 4.69) is 26.6 Å². The quantitative estimate of drug-likeness (QED) is 0.866. The van der Waals surface area contributed by atoms with Crippen LogP contribution in [-0.4, -0.2) is 37.1 Å². The molecule has 1 aromatic rings. The third-order valence-corrected chi connectivity index (χ3v) is 5.04. The Kier molecular flexibility index (Phi) is 5.07. The average Bonchev–Trinajstić information content (AvgIpc) is 3.44. The van der Waals surface area contributed by atoms with Crippen LogP contribution in [0.3, 0.4) is 0 Å². The molecule has 6 heteroatoms. The summed E-state index contributed by atoms with van der Waals surface area (Å²) < 4.78 is 0. The van der Waals surface area contributed by atoms with Crippen LogP contribution in [0.5, 0.6) is 0 Å². The number of anilines is 2. The minimum atomic E-state index is 0. The second-order valence-corrected chi connectivity index (χ2v) is 6.83. The van der Waals surface area contributed by atoms with Crippen LogP contribution in [-0.2, 0) is 4.79 Å². The molecular weight excluding hydrogens is 312 g/mol. The van der Waals surface area contributed by atoms with E-state index in [-0.39, 0.29) is 24.2 Å². The van der Waals surface area contributed by atoms with Gasteiger partial charge in [-0.15, -0.1) is 12.4 Å². The number of halogens is 1. The van der Waals surface area contributed by atoms with Gasteiger partial charge in [-0.25, -0.2) is 4.98 Å². The van der Waals surface area contributed by atoms with Gasteiger partial charge in [-0.3, -0.25) is 4.79 Å². The topological polar surface area (TPSA) is 57.3 Å². The van der Waals surface area contributed by atoms with Crippen LogP contribution in [0.25, 0.3) is 0 Å². The molecular formula is C17H25ClN4O. The van der Waals surface area contributed by atoms with Gasteiger partial charge in [0.25, 0.3) is 0 Å². The highest BCUT2D eigenvalue weighted by Crippen LogP contribution is 2.49. The van der Waals surface area contributed by atoms with Crippen LogP contribution >= 0.6 is 12.4 Å². The van der Waals surface area contributed by atoms with Crippen LogP contribution < -0.4 is 15.5 Å². The molecule has 5 nitrogen and oxygen atoms in total. The molecule has 1 saturated heterocycles. The molecule has 126 valence electrons. The molecule has 2 heterocycles. The molecule has 2 saturated carbocycles. The van der Waals surface area contributed by atoms with Gasteiger partial charge >= 0.3 is 0 Å². The third-order valence-electron chi connectivity index (χ3n) is 5.04. The van der Waals surface area contributed by atoms with E-state index in [0.29, 0.717) is 17.7 Å². The second kappa shape index (κ2) is 7.05. The Bertz CT molecular complexity index is 524. The number of hydrogen-bond acceptors (Lipinski definition) is 4. The molecule has 0 atom stereocenters. The zero-order valence-corrected chi connectivity index (χ0v) is 14.1. The Morgan fingerprint density at radius 2 is 1.83 bits per heavy atom. The van der Waals surface area contributed by atoms with E-state index in [1.54, 1.807) is 0 Å². The Labute approximate surface area is 143 Å². The van der Waals surface area contributed by atoms with Crippen molar-refractivity contribution in [1.29, 1.82) is 0 Å². The van der Waals surface area contributed by atoms with Gasteiger partial charge in [0, 0.05) is 32.1 Å². The SMILES string of the molecule is Cl.O=C(Nc1ccc(N2CCNCC2)cn1)C(C1CC1)C1CC1. The summed E-state index contributed by atoms with van der Waals surface area (Å²) in [5, 5.41) is 6.38. The standard InChI is InChI=1S/C17H24N4O.ClH/c22-17(16(12-1-2-12)13-3-4-13)20-15-6-5-14(11-19-15)21-9-7-18-8-10-21;/h5-6,11-13,16,18H,1-4,7-10H2,(H,19,20,22);1H. The van der Waals surface area contributed by atoms with Crippen LogP contribution in [0, 0.1) is 17.8 Å². The van der Waals surface area contributed by atoms with E-state index in [0.717, 1.165) is 31.9 Å². The molecule has 23 heavy (non-hydrogen) atoms. The summed E-state index contributed by atoms with van der Waals surface area (Å²) in [5.41, 5.74) is 1.14. The number of nitrogens with zero attached hydrogens (tertiary/aromatic N) is 2. The summed E-state index contributed by atoms with van der Waals surface area (Å²) in [6, 6.07) is 4.00. The molecule has 0 bridgehead atoms. The summed E-state index contributed by atoms with van der Waals surface area (Å²) in [6.07, 6.45) is 6.78. The highest BCUT2D eigenvalue weighted by molar-refractivity contribution is 5.92. The molecule has 3 fully saturated rings. The number of hydrogen-bond donors (Lipinski definition) is 2. The Hall–Kier alpha value is -1.33. The number of pyridine rings is 1. The molecule has 0 radical (unpaired) electrons. The first kappa shape index (κ1) is 16.5. The second-order valence-electron chi connectivity index (χ2n) is 6.83.